The van der Waals surface area contributed by atoms with E-state index in [9.17, 15) is 13.0 Å². The number of anilines is 1. The predicted molar refractivity (Wildman–Crippen MR) is 98.6 cm³/mol. The van der Waals surface area contributed by atoms with Gasteiger partial charge in [-0.25, -0.2) is 8.42 Å². The molecule has 0 bridgehead atoms. The van der Waals surface area contributed by atoms with Crippen LogP contribution in [-0.4, -0.2) is 18.0 Å². The van der Waals surface area contributed by atoms with E-state index in [0.717, 1.165) is 17.0 Å². The lowest BCUT2D eigenvalue weighted by Gasteiger charge is -2.05. The fourth-order valence-electron chi connectivity index (χ4n) is 2.06. The van der Waals surface area contributed by atoms with Crippen molar-refractivity contribution >= 4 is 27.4 Å². The monoisotopic (exact) mass is 391 g/mol. The van der Waals surface area contributed by atoms with Crippen LogP contribution in [0.3, 0.4) is 0 Å². The van der Waals surface area contributed by atoms with Crippen LogP contribution in [0.5, 0.6) is 0 Å². The van der Waals surface area contributed by atoms with Crippen molar-refractivity contribution in [2.45, 2.75) is 18.2 Å². The maximum atomic E-state index is 10.4. The molecule has 0 fully saturated rings. The van der Waals surface area contributed by atoms with Gasteiger partial charge in [-0.05, 0) is 48.9 Å². The molecule has 2 heterocycles. The summed E-state index contributed by atoms with van der Waals surface area (Å²) in [6, 6.07) is 15.1. The number of pyridine rings is 2. The van der Waals surface area contributed by atoms with Crippen LogP contribution in [0.1, 0.15) is 17.0 Å². The minimum Gasteiger partial charge on any atom is -0.744 e. The molecular formula is C18H18ClN3O3S. The molecule has 2 aromatic heterocycles. The Bertz CT molecular complexity index is 963. The minimum absolute atomic E-state index is 0.178. The third-order valence-electron chi connectivity index (χ3n) is 3.42. The Morgan fingerprint density at radius 3 is 2.38 bits per heavy atom. The Kier molecular flexibility index (Phi) is 6.68. The van der Waals surface area contributed by atoms with Gasteiger partial charge in [0.15, 0.2) is 0 Å². The highest BCUT2D eigenvalue weighted by molar-refractivity contribution is 7.85. The topological polar surface area (TPSA) is 110 Å². The number of benzene rings is 1. The average Bonchev–Trinajstić information content (AvgIpc) is 2.59. The predicted octanol–water partition coefficient (Wildman–Crippen LogP) is 2.62. The first kappa shape index (κ1) is 19.8. The molecule has 0 saturated heterocycles. The van der Waals surface area contributed by atoms with Crippen LogP contribution in [0.4, 0.5) is 5.69 Å². The maximum Gasteiger partial charge on any atom is 0.273 e. The SMILES string of the molecule is Cc1ccc(S(=O)(=O)[O-])cc1.Nc1ccc(Cl)[nH+]c1Cc1ccccn1. The largest absolute Gasteiger partial charge is 0.744 e. The van der Waals surface area contributed by atoms with E-state index in [1.54, 1.807) is 30.5 Å². The maximum absolute atomic E-state index is 10.4. The van der Waals surface area contributed by atoms with Crippen LogP contribution in [0.15, 0.2) is 65.7 Å². The molecule has 0 spiro atoms. The van der Waals surface area contributed by atoms with Gasteiger partial charge in [-0.15, -0.1) is 0 Å². The molecule has 0 aliphatic heterocycles. The molecular weight excluding hydrogens is 374 g/mol. The molecule has 1 aromatic carbocycles. The van der Waals surface area contributed by atoms with E-state index < -0.39 is 10.1 Å². The van der Waals surface area contributed by atoms with Crippen molar-refractivity contribution in [2.75, 3.05) is 5.73 Å². The summed E-state index contributed by atoms with van der Waals surface area (Å²) in [5.41, 5.74) is 9.30. The normalized spacial score (nSPS) is 10.7. The number of H-pyrrole nitrogens is 1. The summed E-state index contributed by atoms with van der Waals surface area (Å²) in [6.45, 7) is 1.82. The van der Waals surface area contributed by atoms with Crippen LogP contribution < -0.4 is 10.7 Å². The Balaban J connectivity index is 0.000000197. The number of aryl methyl sites for hydroxylation is 1. The van der Waals surface area contributed by atoms with Gasteiger partial charge in [0.2, 0.25) is 5.69 Å². The van der Waals surface area contributed by atoms with Gasteiger partial charge in [-0.2, -0.15) is 4.98 Å². The highest BCUT2D eigenvalue weighted by Gasteiger charge is 2.10. The molecule has 0 radical (unpaired) electrons. The van der Waals surface area contributed by atoms with E-state index in [2.05, 4.69) is 9.97 Å². The number of aromatic amines is 1. The zero-order valence-corrected chi connectivity index (χ0v) is 15.6. The van der Waals surface area contributed by atoms with Crippen LogP contribution in [-0.2, 0) is 16.5 Å². The van der Waals surface area contributed by atoms with E-state index in [-0.39, 0.29) is 4.90 Å². The number of nitrogens with zero attached hydrogens (tertiary/aromatic N) is 1. The van der Waals surface area contributed by atoms with Gasteiger partial charge >= 0.3 is 0 Å². The lowest BCUT2D eigenvalue weighted by atomic mass is 10.2. The fourth-order valence-corrected chi connectivity index (χ4v) is 2.70. The van der Waals surface area contributed by atoms with Crippen LogP contribution >= 0.6 is 11.6 Å². The zero-order valence-electron chi connectivity index (χ0n) is 14.0. The molecule has 26 heavy (non-hydrogen) atoms. The number of nitrogens with two attached hydrogens (primary N) is 1. The summed E-state index contributed by atoms with van der Waals surface area (Å²) in [6.07, 6.45) is 2.42. The molecule has 3 rings (SSSR count). The summed E-state index contributed by atoms with van der Waals surface area (Å²) in [4.78, 5) is 7.07. The molecule has 0 aliphatic rings. The number of hydrogen-bond acceptors (Lipinski definition) is 5. The highest BCUT2D eigenvalue weighted by Crippen LogP contribution is 2.12. The Morgan fingerprint density at radius 2 is 1.81 bits per heavy atom. The van der Waals surface area contributed by atoms with Gasteiger partial charge in [0.05, 0.1) is 17.0 Å². The van der Waals surface area contributed by atoms with Crippen molar-refractivity contribution in [3.8, 4) is 0 Å². The van der Waals surface area contributed by atoms with Gasteiger partial charge < -0.3 is 10.3 Å². The molecule has 0 atom stereocenters. The first-order chi connectivity index (χ1) is 12.3. The Labute approximate surface area is 157 Å². The number of nitrogens with one attached hydrogen (secondary N) is 1. The quantitative estimate of drug-likeness (QED) is 0.545. The van der Waals surface area contributed by atoms with Gasteiger partial charge in [0.1, 0.15) is 15.8 Å². The molecule has 8 heteroatoms. The van der Waals surface area contributed by atoms with Gasteiger partial charge in [0, 0.05) is 12.3 Å². The lowest BCUT2D eigenvalue weighted by molar-refractivity contribution is -0.385. The number of rotatable bonds is 3. The third-order valence-corrected chi connectivity index (χ3v) is 4.49. The number of nitrogen functional groups attached to an aromatic ring is 1. The fraction of sp³-hybridized carbons (Fsp3) is 0.111. The van der Waals surface area contributed by atoms with E-state index in [1.807, 2.05) is 25.1 Å². The second-order valence-corrected chi connectivity index (χ2v) is 7.29. The van der Waals surface area contributed by atoms with E-state index >= 15 is 0 Å². The zero-order chi connectivity index (χ0) is 19.2. The molecule has 136 valence electrons. The van der Waals surface area contributed by atoms with Crippen LogP contribution in [0, 0.1) is 6.92 Å². The Morgan fingerprint density at radius 1 is 1.12 bits per heavy atom. The van der Waals surface area contributed by atoms with Crippen molar-refractivity contribution < 1.29 is 18.0 Å². The average molecular weight is 392 g/mol. The molecule has 0 unspecified atom stereocenters. The van der Waals surface area contributed by atoms with Crippen molar-refractivity contribution in [3.63, 3.8) is 0 Å². The standard InChI is InChI=1S/C11H10ClN3.C7H8O3S/c12-11-5-4-9(13)10(15-11)7-8-3-1-2-6-14-8;1-6-2-4-7(5-3-6)11(8,9)10/h1-6H,7,13H2;2-5H,1H3,(H,8,9,10). The molecule has 0 aliphatic carbocycles. The van der Waals surface area contributed by atoms with Crippen molar-refractivity contribution in [3.05, 3.63) is 82.9 Å². The first-order valence-corrected chi connectivity index (χ1v) is 9.43. The molecule has 0 saturated carbocycles. The van der Waals surface area contributed by atoms with E-state index in [0.29, 0.717) is 17.3 Å². The van der Waals surface area contributed by atoms with Crippen LogP contribution in [0.2, 0.25) is 5.15 Å². The van der Waals surface area contributed by atoms with Gasteiger partial charge in [0.25, 0.3) is 5.15 Å². The second-order valence-electron chi connectivity index (χ2n) is 5.51. The van der Waals surface area contributed by atoms with E-state index in [4.69, 9.17) is 17.3 Å². The third kappa shape index (κ3) is 6.11. The van der Waals surface area contributed by atoms with Gasteiger partial charge in [-0.3, -0.25) is 4.98 Å². The van der Waals surface area contributed by atoms with Crippen molar-refractivity contribution in [1.29, 1.82) is 0 Å². The molecule has 3 N–H and O–H groups in total. The van der Waals surface area contributed by atoms with Crippen molar-refractivity contribution in [2.24, 2.45) is 0 Å². The summed E-state index contributed by atoms with van der Waals surface area (Å²) < 4.78 is 31.2. The molecule has 6 nitrogen and oxygen atoms in total. The van der Waals surface area contributed by atoms with Crippen molar-refractivity contribution in [1.82, 2.24) is 4.98 Å². The molecule has 0 amide bonds. The van der Waals surface area contributed by atoms with E-state index in [1.165, 1.54) is 12.1 Å². The summed E-state index contributed by atoms with van der Waals surface area (Å²) in [5.74, 6) is 0. The molecule has 3 aromatic rings. The minimum atomic E-state index is -4.27. The summed E-state index contributed by atoms with van der Waals surface area (Å²) in [7, 11) is -4.27. The summed E-state index contributed by atoms with van der Waals surface area (Å²) in [5, 5.41) is 0.579. The van der Waals surface area contributed by atoms with Crippen LogP contribution in [0.25, 0.3) is 0 Å². The number of hydrogen-bond donors (Lipinski definition) is 1. The first-order valence-electron chi connectivity index (χ1n) is 7.64. The van der Waals surface area contributed by atoms with Gasteiger partial charge in [-0.1, -0.05) is 23.8 Å². The second kappa shape index (κ2) is 8.75. The summed E-state index contributed by atoms with van der Waals surface area (Å²) >= 11 is 5.85. The smallest absolute Gasteiger partial charge is 0.273 e. The lowest BCUT2D eigenvalue weighted by Crippen LogP contribution is -2.15. The number of aromatic nitrogens is 2. The Hall–Kier alpha value is -2.48. The highest BCUT2D eigenvalue weighted by atomic mass is 35.5. The number of halogens is 1.